The van der Waals surface area contributed by atoms with Crippen LogP contribution in [0.15, 0.2) is 40.2 Å². The van der Waals surface area contributed by atoms with Crippen molar-refractivity contribution in [1.29, 1.82) is 0 Å². The molecule has 0 bridgehead atoms. The normalized spacial score (nSPS) is 10.6. The number of benzene rings is 1. The lowest BCUT2D eigenvalue weighted by Gasteiger charge is -1.95. The van der Waals surface area contributed by atoms with Crippen molar-refractivity contribution in [3.05, 3.63) is 46.4 Å². The number of thiazole rings is 1. The molecule has 0 saturated carbocycles. The zero-order valence-electron chi connectivity index (χ0n) is 11.6. The van der Waals surface area contributed by atoms with Gasteiger partial charge in [0.1, 0.15) is 10.7 Å². The van der Waals surface area contributed by atoms with E-state index in [-0.39, 0.29) is 5.69 Å². The van der Waals surface area contributed by atoms with Crippen LogP contribution in [0.5, 0.6) is 0 Å². The highest BCUT2D eigenvalue weighted by Crippen LogP contribution is 2.29. The summed E-state index contributed by atoms with van der Waals surface area (Å²) < 4.78 is 10.0. The van der Waals surface area contributed by atoms with Crippen LogP contribution in [0.1, 0.15) is 17.4 Å². The minimum atomic E-state index is -0.509. The first kappa shape index (κ1) is 14.7. The fourth-order valence-electron chi connectivity index (χ4n) is 1.81. The van der Waals surface area contributed by atoms with Crippen LogP contribution in [0.25, 0.3) is 22.0 Å². The Hall–Kier alpha value is -2.18. The first-order valence-corrected chi connectivity index (χ1v) is 7.79. The van der Waals surface area contributed by atoms with E-state index >= 15 is 0 Å². The van der Waals surface area contributed by atoms with E-state index in [9.17, 15) is 4.79 Å². The number of halogens is 1. The Morgan fingerprint density at radius 1 is 1.36 bits per heavy atom. The first-order valence-electron chi connectivity index (χ1n) is 6.53. The highest BCUT2D eigenvalue weighted by Gasteiger charge is 2.16. The van der Waals surface area contributed by atoms with Gasteiger partial charge in [0.25, 0.3) is 0 Å². The second kappa shape index (κ2) is 6.29. The smallest absolute Gasteiger partial charge is 0.360 e. The van der Waals surface area contributed by atoms with Gasteiger partial charge in [-0.1, -0.05) is 28.9 Å². The van der Waals surface area contributed by atoms with Crippen molar-refractivity contribution in [2.24, 2.45) is 0 Å². The van der Waals surface area contributed by atoms with Gasteiger partial charge in [-0.05, 0) is 19.1 Å². The Balaban J connectivity index is 1.85. The summed E-state index contributed by atoms with van der Waals surface area (Å²) >= 11 is 7.35. The predicted molar refractivity (Wildman–Crippen MR) is 84.0 cm³/mol. The molecule has 3 rings (SSSR count). The summed E-state index contributed by atoms with van der Waals surface area (Å²) in [5, 5.41) is 7.06. The molecule has 0 aliphatic heterocycles. The summed E-state index contributed by atoms with van der Waals surface area (Å²) in [6.07, 6.45) is 0. The van der Waals surface area contributed by atoms with Crippen LogP contribution in [0, 0.1) is 0 Å². The van der Waals surface area contributed by atoms with Crippen molar-refractivity contribution in [3.8, 4) is 22.0 Å². The summed E-state index contributed by atoms with van der Waals surface area (Å²) in [5.41, 5.74) is 1.72. The molecule has 0 N–H and O–H groups in total. The molecule has 0 saturated heterocycles. The van der Waals surface area contributed by atoms with Crippen molar-refractivity contribution < 1.29 is 14.1 Å². The van der Waals surface area contributed by atoms with Gasteiger partial charge in [0, 0.05) is 22.0 Å². The second-order valence-corrected chi connectivity index (χ2v) is 5.64. The zero-order valence-corrected chi connectivity index (χ0v) is 13.1. The van der Waals surface area contributed by atoms with Crippen molar-refractivity contribution in [2.75, 3.05) is 6.61 Å². The Labute approximate surface area is 135 Å². The highest BCUT2D eigenvalue weighted by atomic mass is 35.5. The second-order valence-electron chi connectivity index (χ2n) is 4.34. The van der Waals surface area contributed by atoms with E-state index in [1.807, 2.05) is 29.6 Å². The quantitative estimate of drug-likeness (QED) is 0.666. The molecule has 0 amide bonds. The number of hydrogen-bond acceptors (Lipinski definition) is 6. The summed E-state index contributed by atoms with van der Waals surface area (Å²) in [6.45, 7) is 2.02. The van der Waals surface area contributed by atoms with Crippen LogP contribution in [-0.4, -0.2) is 22.7 Å². The fourth-order valence-corrected chi connectivity index (χ4v) is 2.75. The molecule has 2 heterocycles. The number of carbonyl (C=O) groups is 1. The average molecular weight is 335 g/mol. The molecule has 22 heavy (non-hydrogen) atoms. The minimum absolute atomic E-state index is 0.137. The topological polar surface area (TPSA) is 65.2 Å². The molecule has 0 fully saturated rings. The van der Waals surface area contributed by atoms with Gasteiger partial charge >= 0.3 is 5.97 Å². The molecule has 3 aromatic rings. The lowest BCUT2D eigenvalue weighted by molar-refractivity contribution is 0.0514. The van der Waals surface area contributed by atoms with E-state index in [1.54, 1.807) is 6.92 Å². The maximum atomic E-state index is 11.6. The number of nitrogens with zero attached hydrogens (tertiary/aromatic N) is 2. The molecule has 2 aromatic heterocycles. The molecule has 7 heteroatoms. The molecule has 1 aromatic carbocycles. The Morgan fingerprint density at radius 3 is 2.86 bits per heavy atom. The van der Waals surface area contributed by atoms with E-state index in [0.29, 0.717) is 23.1 Å². The van der Waals surface area contributed by atoms with E-state index in [2.05, 4.69) is 10.1 Å². The third-order valence-corrected chi connectivity index (χ3v) is 3.99. The maximum absolute atomic E-state index is 11.6. The van der Waals surface area contributed by atoms with Gasteiger partial charge in [0.05, 0.1) is 6.61 Å². The van der Waals surface area contributed by atoms with Crippen LogP contribution >= 0.6 is 22.9 Å². The van der Waals surface area contributed by atoms with Gasteiger partial charge < -0.3 is 9.26 Å². The molecular formula is C15H11ClN2O3S. The Bertz CT molecular complexity index is 795. The minimum Gasteiger partial charge on any atom is -0.461 e. The van der Waals surface area contributed by atoms with Crippen LogP contribution in [-0.2, 0) is 4.74 Å². The Morgan fingerprint density at radius 2 is 2.14 bits per heavy atom. The largest absolute Gasteiger partial charge is 0.461 e. The van der Waals surface area contributed by atoms with Crippen molar-refractivity contribution >= 4 is 28.9 Å². The Kier molecular flexibility index (Phi) is 4.22. The summed E-state index contributed by atoms with van der Waals surface area (Å²) in [7, 11) is 0. The highest BCUT2D eigenvalue weighted by molar-refractivity contribution is 7.13. The lowest BCUT2D eigenvalue weighted by Crippen LogP contribution is -2.04. The van der Waals surface area contributed by atoms with Crippen LogP contribution < -0.4 is 0 Å². The third-order valence-electron chi connectivity index (χ3n) is 2.84. The van der Waals surface area contributed by atoms with E-state index in [4.69, 9.17) is 20.9 Å². The molecule has 0 aliphatic carbocycles. The van der Waals surface area contributed by atoms with Gasteiger partial charge in [-0.15, -0.1) is 11.3 Å². The molecule has 5 nitrogen and oxygen atoms in total. The molecular weight excluding hydrogens is 324 g/mol. The summed E-state index contributed by atoms with van der Waals surface area (Å²) in [6, 6.07) is 8.94. The summed E-state index contributed by atoms with van der Waals surface area (Å²) in [5.74, 6) is -0.0785. The predicted octanol–water partition coefficient (Wildman–Crippen LogP) is 4.30. The van der Waals surface area contributed by atoms with Gasteiger partial charge in [0.15, 0.2) is 11.5 Å². The number of aromatic nitrogens is 2. The van der Waals surface area contributed by atoms with E-state index in [1.165, 1.54) is 17.4 Å². The zero-order chi connectivity index (χ0) is 15.5. The third kappa shape index (κ3) is 3.03. The standard InChI is InChI=1S/C15H11ClN2O3S/c1-2-20-15(19)11-7-13(21-18-11)12-8-22-14(17-12)9-3-5-10(16)6-4-9/h3-8H,2H2,1H3. The van der Waals surface area contributed by atoms with Gasteiger partial charge in [0.2, 0.25) is 0 Å². The molecule has 0 aliphatic rings. The number of rotatable bonds is 4. The molecule has 112 valence electrons. The van der Waals surface area contributed by atoms with Crippen molar-refractivity contribution in [3.63, 3.8) is 0 Å². The molecule has 0 unspecified atom stereocenters. The van der Waals surface area contributed by atoms with Crippen LogP contribution in [0.3, 0.4) is 0 Å². The number of esters is 1. The van der Waals surface area contributed by atoms with Gasteiger partial charge in [-0.25, -0.2) is 9.78 Å². The number of hydrogen-bond donors (Lipinski definition) is 0. The van der Waals surface area contributed by atoms with Gasteiger partial charge in [-0.3, -0.25) is 0 Å². The molecule has 0 radical (unpaired) electrons. The lowest BCUT2D eigenvalue weighted by atomic mass is 10.2. The van der Waals surface area contributed by atoms with Crippen LogP contribution in [0.2, 0.25) is 5.02 Å². The maximum Gasteiger partial charge on any atom is 0.360 e. The van der Waals surface area contributed by atoms with E-state index in [0.717, 1.165) is 10.6 Å². The average Bonchev–Trinajstić information content (AvgIpc) is 3.17. The fraction of sp³-hybridized carbons (Fsp3) is 0.133. The SMILES string of the molecule is CCOC(=O)c1cc(-c2csc(-c3ccc(Cl)cc3)n2)on1. The van der Waals surface area contributed by atoms with Crippen LogP contribution in [0.4, 0.5) is 0 Å². The number of carbonyl (C=O) groups excluding carboxylic acids is 1. The van der Waals surface area contributed by atoms with E-state index < -0.39 is 5.97 Å². The molecule has 0 spiro atoms. The molecule has 0 atom stereocenters. The summed E-state index contributed by atoms with van der Waals surface area (Å²) in [4.78, 5) is 16.1. The number of ether oxygens (including phenoxy) is 1. The monoisotopic (exact) mass is 334 g/mol. The van der Waals surface area contributed by atoms with Crippen molar-refractivity contribution in [1.82, 2.24) is 10.1 Å². The first-order chi connectivity index (χ1) is 10.7. The van der Waals surface area contributed by atoms with Gasteiger partial charge in [-0.2, -0.15) is 0 Å². The van der Waals surface area contributed by atoms with Crippen molar-refractivity contribution in [2.45, 2.75) is 6.92 Å².